The quantitative estimate of drug-likeness (QED) is 0.485. The molecule has 0 saturated carbocycles. The highest BCUT2D eigenvalue weighted by atomic mass is 28.3. The van der Waals surface area contributed by atoms with Crippen LogP contribution in [-0.4, -0.2) is 32.7 Å². The van der Waals surface area contributed by atoms with Crippen LogP contribution in [0.5, 0.6) is 0 Å². The first-order valence-electron chi connectivity index (χ1n) is 6.46. The van der Waals surface area contributed by atoms with E-state index in [1.165, 1.54) is 6.92 Å². The van der Waals surface area contributed by atoms with E-state index in [0.717, 1.165) is 0 Å². The summed E-state index contributed by atoms with van der Waals surface area (Å²) in [5.41, 5.74) is -0.900. The van der Waals surface area contributed by atoms with Gasteiger partial charge in [-0.2, -0.15) is 0 Å². The van der Waals surface area contributed by atoms with Crippen LogP contribution < -0.4 is 5.32 Å². The molecule has 109 valence electrons. The normalized spacial score (nSPS) is 26.4. The fourth-order valence-electron chi connectivity index (χ4n) is 2.28. The second-order valence-corrected chi connectivity index (χ2v) is 8.40. The Bertz CT molecular complexity index is 377. The van der Waals surface area contributed by atoms with E-state index in [0.29, 0.717) is 0 Å². The summed E-state index contributed by atoms with van der Waals surface area (Å²) in [5, 5.41) is 2.62. The molecule has 1 aliphatic heterocycles. The molecule has 0 aromatic rings. The summed E-state index contributed by atoms with van der Waals surface area (Å²) in [6.45, 7) is 13.4. The summed E-state index contributed by atoms with van der Waals surface area (Å²) in [5.74, 6) is -0.979. The Morgan fingerprint density at radius 3 is 2.11 bits per heavy atom. The number of carbonyl (C=O) groups is 2. The van der Waals surface area contributed by atoms with E-state index in [9.17, 15) is 9.59 Å². The van der Waals surface area contributed by atoms with Crippen molar-refractivity contribution in [3.63, 3.8) is 0 Å². The molecule has 0 aromatic carbocycles. The fourth-order valence-corrected chi connectivity index (χ4v) is 3.56. The highest BCUT2D eigenvalue weighted by Crippen LogP contribution is 2.44. The predicted molar refractivity (Wildman–Crippen MR) is 73.6 cm³/mol. The summed E-state index contributed by atoms with van der Waals surface area (Å²) in [4.78, 5) is 23.0. The third kappa shape index (κ3) is 3.17. The third-order valence-corrected chi connectivity index (χ3v) is 4.49. The van der Waals surface area contributed by atoms with Gasteiger partial charge in [0.05, 0.1) is 5.60 Å². The van der Waals surface area contributed by atoms with Crippen LogP contribution in [0, 0.1) is 11.3 Å². The third-order valence-electron chi connectivity index (χ3n) is 3.66. The van der Waals surface area contributed by atoms with Gasteiger partial charge in [0, 0.05) is 6.92 Å². The first-order chi connectivity index (χ1) is 8.49. The molecule has 1 rings (SSSR count). The zero-order valence-electron chi connectivity index (χ0n) is 12.8. The summed E-state index contributed by atoms with van der Waals surface area (Å²) in [6, 6.07) is 0. The minimum Gasteiger partial charge on any atom is -0.441 e. The summed E-state index contributed by atoms with van der Waals surface area (Å²) >= 11 is 0. The molecule has 1 aliphatic rings. The smallest absolute Gasteiger partial charge is 0.304 e. The molecule has 1 amide bonds. The van der Waals surface area contributed by atoms with Crippen molar-refractivity contribution in [2.45, 2.75) is 59.5 Å². The maximum absolute atomic E-state index is 11.9. The minimum absolute atomic E-state index is 0.119. The number of nitrogens with one attached hydrogen (secondary N) is 1. The van der Waals surface area contributed by atoms with E-state index >= 15 is 0 Å². The fraction of sp³-hybridized carbons (Fsp3) is 0.846. The zero-order valence-corrected chi connectivity index (χ0v) is 13.8. The predicted octanol–water partition coefficient (Wildman–Crippen LogP) is 1.69. The van der Waals surface area contributed by atoms with Crippen molar-refractivity contribution in [2.75, 3.05) is 0 Å². The zero-order chi connectivity index (χ0) is 15.0. The van der Waals surface area contributed by atoms with Gasteiger partial charge < -0.3 is 14.5 Å². The summed E-state index contributed by atoms with van der Waals surface area (Å²) < 4.78 is 11.3. The van der Waals surface area contributed by atoms with Gasteiger partial charge in [0.1, 0.15) is 5.92 Å². The molecule has 1 heterocycles. The molecular formula is C13H24NO4Si. The number of hydrogen-bond acceptors (Lipinski definition) is 4. The van der Waals surface area contributed by atoms with Gasteiger partial charge in [0.15, 0.2) is 6.23 Å². The first kappa shape index (κ1) is 16.2. The Kier molecular flexibility index (Phi) is 4.46. The van der Waals surface area contributed by atoms with Crippen molar-refractivity contribution < 1.29 is 18.8 Å². The van der Waals surface area contributed by atoms with Gasteiger partial charge in [0.2, 0.25) is 14.9 Å². The molecule has 5 nitrogen and oxygen atoms in total. The van der Waals surface area contributed by atoms with E-state index in [-0.39, 0.29) is 11.3 Å². The highest BCUT2D eigenvalue weighted by molar-refractivity contribution is 6.48. The molecule has 1 saturated heterocycles. The number of hydrogen-bond donors (Lipinski definition) is 1. The monoisotopic (exact) mass is 286 g/mol. The van der Waals surface area contributed by atoms with E-state index < -0.39 is 32.8 Å². The van der Waals surface area contributed by atoms with Gasteiger partial charge in [-0.3, -0.25) is 9.59 Å². The Hall–Kier alpha value is -0.883. The molecular weight excluding hydrogens is 262 g/mol. The van der Waals surface area contributed by atoms with Gasteiger partial charge in [-0.05, 0) is 25.4 Å². The Morgan fingerprint density at radius 2 is 1.79 bits per heavy atom. The highest BCUT2D eigenvalue weighted by Gasteiger charge is 2.58. The van der Waals surface area contributed by atoms with Gasteiger partial charge >= 0.3 is 5.97 Å². The lowest BCUT2D eigenvalue weighted by molar-refractivity contribution is -0.193. The molecule has 6 heteroatoms. The van der Waals surface area contributed by atoms with Gasteiger partial charge in [-0.15, -0.1) is 0 Å². The van der Waals surface area contributed by atoms with Gasteiger partial charge in [-0.1, -0.05) is 20.8 Å². The molecule has 1 N–H and O–H groups in total. The first-order valence-corrected chi connectivity index (χ1v) is 8.86. The van der Waals surface area contributed by atoms with Crippen LogP contribution in [0.3, 0.4) is 0 Å². The van der Waals surface area contributed by atoms with Crippen molar-refractivity contribution in [1.82, 2.24) is 5.32 Å². The van der Waals surface area contributed by atoms with E-state index in [2.05, 4.69) is 5.32 Å². The molecule has 3 unspecified atom stereocenters. The number of amides is 1. The number of esters is 1. The molecule has 0 aliphatic carbocycles. The lowest BCUT2D eigenvalue weighted by Crippen LogP contribution is -2.71. The van der Waals surface area contributed by atoms with E-state index in [4.69, 9.17) is 9.16 Å². The molecule has 1 radical (unpaired) electrons. The van der Waals surface area contributed by atoms with Crippen LogP contribution in [0.25, 0.3) is 0 Å². The van der Waals surface area contributed by atoms with Crippen molar-refractivity contribution in [1.29, 1.82) is 0 Å². The van der Waals surface area contributed by atoms with Gasteiger partial charge in [0.25, 0.3) is 0 Å². The van der Waals surface area contributed by atoms with E-state index in [1.54, 1.807) is 0 Å². The molecule has 0 spiro atoms. The summed E-state index contributed by atoms with van der Waals surface area (Å²) in [7, 11) is -0.989. The molecule has 0 aromatic heterocycles. The second-order valence-electron chi connectivity index (χ2n) is 6.38. The van der Waals surface area contributed by atoms with Crippen molar-refractivity contribution in [3.05, 3.63) is 0 Å². The van der Waals surface area contributed by atoms with Crippen LogP contribution >= 0.6 is 0 Å². The standard InChI is InChI=1S/C13H24NO4Si/c1-8(15)17-11-9(10(16)14-11)13(5,12(2,3)4)18-19(6)7/h9,11H,1-7H3,(H,14,16). The van der Waals surface area contributed by atoms with Crippen LogP contribution in [-0.2, 0) is 18.8 Å². The van der Waals surface area contributed by atoms with Gasteiger partial charge in [-0.25, -0.2) is 0 Å². The lowest BCUT2D eigenvalue weighted by atomic mass is 9.67. The Balaban J connectivity index is 3.03. The van der Waals surface area contributed by atoms with Crippen molar-refractivity contribution >= 4 is 20.9 Å². The SMILES string of the molecule is CC(=O)OC1NC(=O)C1C(C)(O[Si](C)C)C(C)(C)C. The number of ether oxygens (including phenoxy) is 1. The maximum atomic E-state index is 11.9. The molecule has 0 bridgehead atoms. The average Bonchev–Trinajstić information content (AvgIpc) is 2.11. The Labute approximate surface area is 116 Å². The lowest BCUT2D eigenvalue weighted by Gasteiger charge is -2.53. The second kappa shape index (κ2) is 5.24. The maximum Gasteiger partial charge on any atom is 0.304 e. The van der Waals surface area contributed by atoms with Crippen molar-refractivity contribution in [2.24, 2.45) is 11.3 Å². The summed E-state index contributed by atoms with van der Waals surface area (Å²) in [6.07, 6.45) is -0.587. The number of β-lactam (4-membered cyclic amide) rings is 1. The minimum atomic E-state index is -0.989. The Morgan fingerprint density at radius 1 is 1.26 bits per heavy atom. The van der Waals surface area contributed by atoms with E-state index in [1.807, 2.05) is 40.8 Å². The van der Waals surface area contributed by atoms with Crippen molar-refractivity contribution in [3.8, 4) is 0 Å². The van der Waals surface area contributed by atoms with Crippen LogP contribution in [0.15, 0.2) is 0 Å². The number of carbonyl (C=O) groups excluding carboxylic acids is 2. The molecule has 3 atom stereocenters. The molecule has 1 fully saturated rings. The average molecular weight is 286 g/mol. The largest absolute Gasteiger partial charge is 0.441 e. The van der Waals surface area contributed by atoms with Crippen LogP contribution in [0.2, 0.25) is 13.1 Å². The van der Waals surface area contributed by atoms with Crippen LogP contribution in [0.4, 0.5) is 0 Å². The molecule has 19 heavy (non-hydrogen) atoms. The topological polar surface area (TPSA) is 64.6 Å². The number of rotatable bonds is 4. The van der Waals surface area contributed by atoms with Crippen LogP contribution in [0.1, 0.15) is 34.6 Å².